The quantitative estimate of drug-likeness (QED) is 0.885. The van der Waals surface area contributed by atoms with Crippen LogP contribution in [0.2, 0.25) is 0 Å². The van der Waals surface area contributed by atoms with Crippen molar-refractivity contribution in [2.24, 2.45) is 0 Å². The van der Waals surface area contributed by atoms with E-state index in [1.54, 1.807) is 24.3 Å². The summed E-state index contributed by atoms with van der Waals surface area (Å²) in [5, 5.41) is 9.08. The van der Waals surface area contributed by atoms with Crippen LogP contribution in [0.15, 0.2) is 51.8 Å². The van der Waals surface area contributed by atoms with Crippen LogP contribution in [-0.4, -0.2) is 13.5 Å². The van der Waals surface area contributed by atoms with Gasteiger partial charge in [0, 0.05) is 4.47 Å². The maximum atomic E-state index is 12.3. The average Bonchev–Trinajstić information content (AvgIpc) is 2.44. The molecular formula is C14H14BrNO3S. The Balaban J connectivity index is 2.38. The molecule has 0 saturated carbocycles. The molecule has 0 heterocycles. The van der Waals surface area contributed by atoms with Gasteiger partial charge in [0.25, 0.3) is 10.0 Å². The molecule has 106 valence electrons. The summed E-state index contributed by atoms with van der Waals surface area (Å²) in [6.07, 6.45) is 0. The minimum Gasteiger partial charge on any atom is -0.392 e. The van der Waals surface area contributed by atoms with E-state index in [0.717, 1.165) is 5.56 Å². The Morgan fingerprint density at radius 2 is 1.90 bits per heavy atom. The molecule has 2 N–H and O–H groups in total. The van der Waals surface area contributed by atoms with E-state index >= 15 is 0 Å². The molecule has 0 bridgehead atoms. The molecule has 4 nitrogen and oxygen atoms in total. The van der Waals surface area contributed by atoms with Crippen molar-refractivity contribution in [1.82, 2.24) is 0 Å². The molecule has 6 heteroatoms. The molecule has 0 unspecified atom stereocenters. The van der Waals surface area contributed by atoms with Crippen molar-refractivity contribution >= 4 is 31.6 Å². The lowest BCUT2D eigenvalue weighted by Crippen LogP contribution is -2.13. The standard InChI is InChI=1S/C14H14BrNO3S/c1-10-4-2-7-13(14(10)15)16-20(18,19)12-6-3-5-11(8-12)9-17/h2-8,16-17H,9H2,1H3. The number of benzene rings is 2. The van der Waals surface area contributed by atoms with Crippen LogP contribution in [-0.2, 0) is 16.6 Å². The molecule has 0 amide bonds. The molecule has 2 rings (SSSR count). The number of nitrogens with one attached hydrogen (secondary N) is 1. The SMILES string of the molecule is Cc1cccc(NS(=O)(=O)c2cccc(CO)c2)c1Br. The van der Waals surface area contributed by atoms with E-state index < -0.39 is 10.0 Å². The second kappa shape index (κ2) is 5.95. The van der Waals surface area contributed by atoms with Gasteiger partial charge in [-0.15, -0.1) is 0 Å². The third-order valence-corrected chi connectivity index (χ3v) is 5.24. The number of anilines is 1. The molecule has 0 radical (unpaired) electrons. The van der Waals surface area contributed by atoms with Crippen molar-refractivity contribution in [2.75, 3.05) is 4.72 Å². The van der Waals surface area contributed by atoms with Gasteiger partial charge in [-0.05, 0) is 52.2 Å². The summed E-state index contributed by atoms with van der Waals surface area (Å²) in [5.74, 6) is 0. The Hall–Kier alpha value is -1.37. The summed E-state index contributed by atoms with van der Waals surface area (Å²) < 4.78 is 27.9. The normalized spacial score (nSPS) is 11.3. The first-order valence-electron chi connectivity index (χ1n) is 5.92. The zero-order valence-corrected chi connectivity index (χ0v) is 13.2. The van der Waals surface area contributed by atoms with Gasteiger partial charge in [0.1, 0.15) is 0 Å². The lowest BCUT2D eigenvalue weighted by molar-refractivity contribution is 0.281. The zero-order chi connectivity index (χ0) is 14.8. The van der Waals surface area contributed by atoms with E-state index in [2.05, 4.69) is 20.7 Å². The fourth-order valence-corrected chi connectivity index (χ4v) is 3.38. The van der Waals surface area contributed by atoms with E-state index in [4.69, 9.17) is 5.11 Å². The highest BCUT2D eigenvalue weighted by atomic mass is 79.9. The number of aryl methyl sites for hydroxylation is 1. The van der Waals surface area contributed by atoms with Crippen LogP contribution in [0.3, 0.4) is 0 Å². The number of sulfonamides is 1. The minimum absolute atomic E-state index is 0.123. The third-order valence-electron chi connectivity index (χ3n) is 2.83. The van der Waals surface area contributed by atoms with Gasteiger partial charge in [-0.1, -0.05) is 24.3 Å². The predicted octanol–water partition coefficient (Wildman–Crippen LogP) is 3.05. The van der Waals surface area contributed by atoms with Crippen LogP contribution in [0.1, 0.15) is 11.1 Å². The van der Waals surface area contributed by atoms with Crippen molar-refractivity contribution < 1.29 is 13.5 Å². The number of halogens is 1. The van der Waals surface area contributed by atoms with Gasteiger partial charge < -0.3 is 5.11 Å². The van der Waals surface area contributed by atoms with Gasteiger partial charge in [-0.2, -0.15) is 0 Å². The fourth-order valence-electron chi connectivity index (χ4n) is 1.74. The minimum atomic E-state index is -3.68. The van der Waals surface area contributed by atoms with E-state index in [0.29, 0.717) is 15.7 Å². The maximum Gasteiger partial charge on any atom is 0.261 e. The van der Waals surface area contributed by atoms with E-state index in [-0.39, 0.29) is 11.5 Å². The molecule has 0 aliphatic rings. The van der Waals surface area contributed by atoms with E-state index in [9.17, 15) is 8.42 Å². The first-order valence-corrected chi connectivity index (χ1v) is 8.19. The van der Waals surface area contributed by atoms with Crippen LogP contribution < -0.4 is 4.72 Å². The Labute approximate surface area is 126 Å². The molecule has 0 saturated heterocycles. The molecule has 0 aliphatic heterocycles. The first-order chi connectivity index (χ1) is 9.44. The number of aliphatic hydroxyl groups excluding tert-OH is 1. The summed E-state index contributed by atoms with van der Waals surface area (Å²) in [6, 6.07) is 11.6. The highest BCUT2D eigenvalue weighted by Crippen LogP contribution is 2.28. The van der Waals surface area contributed by atoms with E-state index in [1.807, 2.05) is 13.0 Å². The molecule has 0 aliphatic carbocycles. The Morgan fingerprint density at radius 3 is 2.60 bits per heavy atom. The van der Waals surface area contributed by atoms with E-state index in [1.165, 1.54) is 12.1 Å². The third kappa shape index (κ3) is 3.20. The lowest BCUT2D eigenvalue weighted by atomic mass is 10.2. The Kier molecular flexibility index (Phi) is 4.47. The highest BCUT2D eigenvalue weighted by Gasteiger charge is 2.16. The Bertz CT molecular complexity index is 729. The molecule has 0 aromatic heterocycles. The van der Waals surface area contributed by atoms with Gasteiger partial charge in [-0.3, -0.25) is 4.72 Å². The number of hydrogen-bond acceptors (Lipinski definition) is 3. The summed E-state index contributed by atoms with van der Waals surface area (Å²) in [5.41, 5.74) is 1.98. The second-order valence-corrected chi connectivity index (χ2v) is 6.82. The zero-order valence-electron chi connectivity index (χ0n) is 10.8. The number of rotatable bonds is 4. The van der Waals surface area contributed by atoms with Crippen molar-refractivity contribution in [2.45, 2.75) is 18.4 Å². The second-order valence-electron chi connectivity index (χ2n) is 4.35. The summed E-state index contributed by atoms with van der Waals surface area (Å²) in [7, 11) is -3.68. The fraction of sp³-hybridized carbons (Fsp3) is 0.143. The summed E-state index contributed by atoms with van der Waals surface area (Å²) >= 11 is 3.37. The molecule has 0 spiro atoms. The smallest absolute Gasteiger partial charge is 0.261 e. The highest BCUT2D eigenvalue weighted by molar-refractivity contribution is 9.10. The van der Waals surface area contributed by atoms with Crippen molar-refractivity contribution in [3.8, 4) is 0 Å². The van der Waals surface area contributed by atoms with Gasteiger partial charge in [0.05, 0.1) is 17.2 Å². The maximum absolute atomic E-state index is 12.3. The van der Waals surface area contributed by atoms with Crippen LogP contribution in [0.5, 0.6) is 0 Å². The van der Waals surface area contributed by atoms with Crippen molar-refractivity contribution in [3.63, 3.8) is 0 Å². The van der Waals surface area contributed by atoms with Crippen LogP contribution >= 0.6 is 15.9 Å². The molecular weight excluding hydrogens is 342 g/mol. The lowest BCUT2D eigenvalue weighted by Gasteiger charge is -2.11. The predicted molar refractivity (Wildman–Crippen MR) is 82.1 cm³/mol. The van der Waals surface area contributed by atoms with Gasteiger partial charge in [0.2, 0.25) is 0 Å². The topological polar surface area (TPSA) is 66.4 Å². The Morgan fingerprint density at radius 1 is 1.20 bits per heavy atom. The first kappa shape index (κ1) is 15.0. The van der Waals surface area contributed by atoms with Crippen molar-refractivity contribution in [1.29, 1.82) is 0 Å². The molecule has 2 aromatic carbocycles. The van der Waals surface area contributed by atoms with Crippen molar-refractivity contribution in [3.05, 3.63) is 58.1 Å². The summed E-state index contributed by atoms with van der Waals surface area (Å²) in [6.45, 7) is 1.69. The van der Waals surface area contributed by atoms with Crippen LogP contribution in [0.4, 0.5) is 5.69 Å². The monoisotopic (exact) mass is 355 g/mol. The number of aliphatic hydroxyl groups is 1. The molecule has 2 aromatic rings. The average molecular weight is 356 g/mol. The van der Waals surface area contributed by atoms with Gasteiger partial charge in [0.15, 0.2) is 0 Å². The van der Waals surface area contributed by atoms with Gasteiger partial charge in [-0.25, -0.2) is 8.42 Å². The van der Waals surface area contributed by atoms with Crippen LogP contribution in [0.25, 0.3) is 0 Å². The van der Waals surface area contributed by atoms with Crippen LogP contribution in [0, 0.1) is 6.92 Å². The molecule has 0 atom stereocenters. The van der Waals surface area contributed by atoms with Gasteiger partial charge >= 0.3 is 0 Å². The summed E-state index contributed by atoms with van der Waals surface area (Å²) in [4.78, 5) is 0.123. The largest absolute Gasteiger partial charge is 0.392 e. The molecule has 20 heavy (non-hydrogen) atoms. The number of hydrogen-bond donors (Lipinski definition) is 2. The molecule has 0 fully saturated rings.